The first kappa shape index (κ1) is 18.8. The fraction of sp³-hybridized carbons (Fsp3) is 0.562. The van der Waals surface area contributed by atoms with Crippen LogP contribution in [0.15, 0.2) is 17.9 Å². The van der Waals surface area contributed by atoms with Crippen molar-refractivity contribution < 1.29 is 14.3 Å². The van der Waals surface area contributed by atoms with E-state index < -0.39 is 6.09 Å². The number of nitrogens with zero attached hydrogens (tertiary/aromatic N) is 2. The Bertz CT molecular complexity index is 582. The molecule has 1 heterocycles. The highest BCUT2D eigenvalue weighted by atomic mass is 35.5. The summed E-state index contributed by atoms with van der Waals surface area (Å²) in [6, 6.07) is 1.79. The molecule has 2 rings (SSSR count). The number of hydrogen-bond acceptors (Lipinski definition) is 5. The summed E-state index contributed by atoms with van der Waals surface area (Å²) in [5, 5.41) is 3.41. The SMILES string of the molecule is C/C=C(\C)OC(=O)NC1CCC(COc2nc(Cl)cc(Cl)n2)CC1. The van der Waals surface area contributed by atoms with Gasteiger partial charge in [-0.3, -0.25) is 0 Å². The average Bonchev–Trinajstić information content (AvgIpc) is 2.53. The van der Waals surface area contributed by atoms with Crippen LogP contribution in [0, 0.1) is 5.92 Å². The molecular formula is C16H21Cl2N3O3. The van der Waals surface area contributed by atoms with E-state index in [1.807, 2.05) is 6.92 Å². The van der Waals surface area contributed by atoms with Gasteiger partial charge < -0.3 is 14.8 Å². The molecule has 6 nitrogen and oxygen atoms in total. The maximum absolute atomic E-state index is 11.7. The molecule has 0 spiro atoms. The number of carbonyl (C=O) groups excluding carboxylic acids is 1. The first-order chi connectivity index (χ1) is 11.5. The molecular weight excluding hydrogens is 353 g/mol. The second-order valence-electron chi connectivity index (χ2n) is 5.76. The summed E-state index contributed by atoms with van der Waals surface area (Å²) >= 11 is 11.6. The van der Waals surface area contributed by atoms with Crippen LogP contribution in [0.5, 0.6) is 6.01 Å². The van der Waals surface area contributed by atoms with Crippen molar-refractivity contribution in [1.82, 2.24) is 15.3 Å². The second kappa shape index (κ2) is 9.08. The quantitative estimate of drug-likeness (QED) is 0.612. The van der Waals surface area contributed by atoms with Crippen LogP contribution in [0.4, 0.5) is 4.79 Å². The summed E-state index contributed by atoms with van der Waals surface area (Å²) in [6.07, 6.45) is 5.01. The summed E-state index contributed by atoms with van der Waals surface area (Å²) in [4.78, 5) is 19.7. The van der Waals surface area contributed by atoms with Crippen LogP contribution >= 0.6 is 23.2 Å². The van der Waals surface area contributed by atoms with Gasteiger partial charge in [-0.1, -0.05) is 23.2 Å². The molecule has 0 radical (unpaired) electrons. The number of carbonyl (C=O) groups is 1. The van der Waals surface area contributed by atoms with Crippen molar-refractivity contribution in [1.29, 1.82) is 0 Å². The van der Waals surface area contributed by atoms with E-state index in [0.717, 1.165) is 25.7 Å². The number of rotatable bonds is 5. The first-order valence-corrected chi connectivity index (χ1v) is 8.66. The number of aromatic nitrogens is 2. The zero-order chi connectivity index (χ0) is 17.5. The van der Waals surface area contributed by atoms with Gasteiger partial charge in [0, 0.05) is 12.1 Å². The highest BCUT2D eigenvalue weighted by Gasteiger charge is 2.23. The standard InChI is InChI=1S/C16H21Cl2N3O3/c1-3-10(2)24-16(22)19-12-6-4-11(5-7-12)9-23-15-20-13(17)8-14(18)21-15/h3,8,11-12H,4-7,9H2,1-2H3,(H,19,22)/b10-3+. The molecule has 0 unspecified atom stereocenters. The molecule has 1 aromatic heterocycles. The van der Waals surface area contributed by atoms with Gasteiger partial charge in [-0.25, -0.2) is 4.79 Å². The summed E-state index contributed by atoms with van der Waals surface area (Å²) in [5.74, 6) is 0.979. The van der Waals surface area contributed by atoms with Gasteiger partial charge >= 0.3 is 12.1 Å². The Labute approximate surface area is 151 Å². The Balaban J connectivity index is 1.72. The predicted molar refractivity (Wildman–Crippen MR) is 92.3 cm³/mol. The number of amides is 1. The van der Waals surface area contributed by atoms with Crippen LogP contribution in [0.25, 0.3) is 0 Å². The van der Waals surface area contributed by atoms with Gasteiger partial charge in [-0.05, 0) is 51.5 Å². The van der Waals surface area contributed by atoms with Gasteiger partial charge in [-0.15, -0.1) is 0 Å². The Morgan fingerprint density at radius 1 is 1.29 bits per heavy atom. The molecule has 1 aliphatic carbocycles. The third-order valence-electron chi connectivity index (χ3n) is 3.92. The van der Waals surface area contributed by atoms with E-state index in [1.54, 1.807) is 13.0 Å². The Morgan fingerprint density at radius 2 is 1.92 bits per heavy atom. The van der Waals surface area contributed by atoms with Crippen LogP contribution in [-0.2, 0) is 4.74 Å². The predicted octanol–water partition coefficient (Wildman–Crippen LogP) is 4.37. The van der Waals surface area contributed by atoms with Crippen LogP contribution in [0.2, 0.25) is 10.3 Å². The zero-order valence-electron chi connectivity index (χ0n) is 13.7. The van der Waals surface area contributed by atoms with Gasteiger partial charge in [0.25, 0.3) is 0 Å². The molecule has 0 aliphatic heterocycles. The van der Waals surface area contributed by atoms with Gasteiger partial charge in [0.2, 0.25) is 0 Å². The molecule has 0 saturated heterocycles. The fourth-order valence-electron chi connectivity index (χ4n) is 2.50. The monoisotopic (exact) mass is 373 g/mol. The molecule has 0 aromatic carbocycles. The lowest BCUT2D eigenvalue weighted by atomic mass is 9.86. The first-order valence-electron chi connectivity index (χ1n) is 7.90. The van der Waals surface area contributed by atoms with Crippen molar-refractivity contribution in [2.45, 2.75) is 45.6 Å². The van der Waals surface area contributed by atoms with Crippen molar-refractivity contribution in [3.8, 4) is 6.01 Å². The molecule has 1 amide bonds. The number of halogens is 2. The van der Waals surface area contributed by atoms with Crippen LogP contribution in [0.1, 0.15) is 39.5 Å². The summed E-state index contributed by atoms with van der Waals surface area (Å²) in [6.45, 7) is 4.08. The summed E-state index contributed by atoms with van der Waals surface area (Å²) in [5.41, 5.74) is 0. The number of allylic oxidation sites excluding steroid dienone is 2. The maximum atomic E-state index is 11.7. The smallest absolute Gasteiger partial charge is 0.412 e. The van der Waals surface area contributed by atoms with E-state index in [9.17, 15) is 4.79 Å². The van der Waals surface area contributed by atoms with Gasteiger partial charge in [0.05, 0.1) is 6.61 Å². The molecule has 132 valence electrons. The van der Waals surface area contributed by atoms with Gasteiger partial charge in [-0.2, -0.15) is 9.97 Å². The summed E-state index contributed by atoms with van der Waals surface area (Å²) in [7, 11) is 0. The fourth-order valence-corrected chi connectivity index (χ4v) is 2.91. The molecule has 8 heteroatoms. The van der Waals surface area contributed by atoms with Crippen molar-refractivity contribution >= 4 is 29.3 Å². The number of ether oxygens (including phenoxy) is 2. The largest absolute Gasteiger partial charge is 0.463 e. The van der Waals surface area contributed by atoms with Crippen molar-refractivity contribution in [3.63, 3.8) is 0 Å². The molecule has 1 aliphatic rings. The second-order valence-corrected chi connectivity index (χ2v) is 6.53. The minimum Gasteiger partial charge on any atom is -0.463 e. The summed E-state index contributed by atoms with van der Waals surface area (Å²) < 4.78 is 10.7. The minimum atomic E-state index is -0.396. The molecule has 0 atom stereocenters. The van der Waals surface area contributed by atoms with E-state index in [0.29, 0.717) is 18.3 Å². The van der Waals surface area contributed by atoms with Crippen molar-refractivity contribution in [2.75, 3.05) is 6.61 Å². The van der Waals surface area contributed by atoms with Gasteiger partial charge in [0.15, 0.2) is 0 Å². The van der Waals surface area contributed by atoms with Crippen LogP contribution < -0.4 is 10.1 Å². The third kappa shape index (κ3) is 6.17. The molecule has 1 saturated carbocycles. The Morgan fingerprint density at radius 3 is 2.50 bits per heavy atom. The number of alkyl carbamates (subject to hydrolysis) is 1. The van der Waals surface area contributed by atoms with Crippen LogP contribution in [-0.4, -0.2) is 28.7 Å². The van der Waals surface area contributed by atoms with Crippen LogP contribution in [0.3, 0.4) is 0 Å². The van der Waals surface area contributed by atoms with Gasteiger partial charge in [0.1, 0.15) is 16.1 Å². The lowest BCUT2D eigenvalue weighted by molar-refractivity contribution is 0.155. The number of nitrogens with one attached hydrogen (secondary N) is 1. The van der Waals surface area contributed by atoms with E-state index in [4.69, 9.17) is 32.7 Å². The number of hydrogen-bond donors (Lipinski definition) is 1. The zero-order valence-corrected chi connectivity index (χ0v) is 15.2. The maximum Gasteiger partial charge on any atom is 0.412 e. The third-order valence-corrected chi connectivity index (χ3v) is 4.31. The van der Waals surface area contributed by atoms with E-state index in [-0.39, 0.29) is 22.4 Å². The molecule has 1 aromatic rings. The molecule has 24 heavy (non-hydrogen) atoms. The minimum absolute atomic E-state index is 0.135. The molecule has 0 bridgehead atoms. The highest BCUT2D eigenvalue weighted by Crippen LogP contribution is 2.25. The average molecular weight is 374 g/mol. The highest BCUT2D eigenvalue weighted by molar-refractivity contribution is 6.33. The lowest BCUT2D eigenvalue weighted by Gasteiger charge is -2.28. The van der Waals surface area contributed by atoms with E-state index in [2.05, 4.69) is 15.3 Å². The lowest BCUT2D eigenvalue weighted by Crippen LogP contribution is -2.38. The molecule has 1 N–H and O–H groups in total. The Kier molecular flexibility index (Phi) is 7.12. The van der Waals surface area contributed by atoms with Crippen molar-refractivity contribution in [2.24, 2.45) is 5.92 Å². The Hall–Kier alpha value is -1.53. The topological polar surface area (TPSA) is 73.3 Å². The van der Waals surface area contributed by atoms with E-state index >= 15 is 0 Å². The molecule has 1 fully saturated rings. The normalized spacial score (nSPS) is 21.2. The van der Waals surface area contributed by atoms with E-state index in [1.165, 1.54) is 6.07 Å². The van der Waals surface area contributed by atoms with Crippen molar-refractivity contribution in [3.05, 3.63) is 28.2 Å².